The van der Waals surface area contributed by atoms with Crippen LogP contribution in [0.5, 0.6) is 0 Å². The summed E-state index contributed by atoms with van der Waals surface area (Å²) >= 11 is 0. The van der Waals surface area contributed by atoms with Crippen molar-refractivity contribution in [1.82, 2.24) is 16.0 Å². The highest BCUT2D eigenvalue weighted by Gasteiger charge is 2.20. The number of unbranched alkanes of at least 4 members (excludes halogenated alkanes) is 2. The molecule has 1 rings (SSSR count). The molecule has 0 saturated carbocycles. The van der Waals surface area contributed by atoms with Gasteiger partial charge in [-0.25, -0.2) is 0 Å². The number of carbonyl (C=O) groups is 3. The lowest BCUT2D eigenvalue weighted by Gasteiger charge is -2.17. The summed E-state index contributed by atoms with van der Waals surface area (Å²) in [6, 6.07) is 2.69. The molecule has 0 saturated heterocycles. The molecule has 1 aromatic rings. The minimum Gasteiger partial charge on any atom is -0.465 e. The largest absolute Gasteiger partial charge is 0.465 e. The van der Waals surface area contributed by atoms with Gasteiger partial charge in [0, 0.05) is 25.6 Å². The van der Waals surface area contributed by atoms with Crippen LogP contribution in [0.15, 0.2) is 28.9 Å². The monoisotopic (exact) mass is 377 g/mol. The predicted molar refractivity (Wildman–Crippen MR) is 105 cm³/mol. The van der Waals surface area contributed by atoms with E-state index in [9.17, 15) is 14.4 Å². The fourth-order valence-corrected chi connectivity index (χ4v) is 2.31. The molecule has 1 heterocycles. The van der Waals surface area contributed by atoms with Crippen LogP contribution in [0.25, 0.3) is 6.08 Å². The molecule has 7 heteroatoms. The molecular weight excluding hydrogens is 346 g/mol. The lowest BCUT2D eigenvalue weighted by Crippen LogP contribution is -2.47. The third-order valence-corrected chi connectivity index (χ3v) is 3.92. The topological polar surface area (TPSA) is 100 Å². The van der Waals surface area contributed by atoms with Crippen molar-refractivity contribution >= 4 is 23.8 Å². The Balaban J connectivity index is 2.56. The Bertz CT molecular complexity index is 596. The van der Waals surface area contributed by atoms with Gasteiger partial charge in [-0.05, 0) is 37.5 Å². The van der Waals surface area contributed by atoms with Crippen molar-refractivity contribution in [3.8, 4) is 0 Å². The average molecular weight is 377 g/mol. The van der Waals surface area contributed by atoms with Gasteiger partial charge >= 0.3 is 0 Å². The van der Waals surface area contributed by atoms with Crippen LogP contribution in [0.1, 0.15) is 58.1 Å². The number of nitrogens with one attached hydrogen (secondary N) is 3. The van der Waals surface area contributed by atoms with Crippen molar-refractivity contribution < 1.29 is 18.8 Å². The van der Waals surface area contributed by atoms with Crippen LogP contribution < -0.4 is 16.0 Å². The van der Waals surface area contributed by atoms with Crippen LogP contribution >= 0.6 is 0 Å². The molecule has 0 aliphatic rings. The Kier molecular flexibility index (Phi) is 11.3. The Morgan fingerprint density at radius 1 is 1.11 bits per heavy atom. The molecule has 7 nitrogen and oxygen atoms in total. The van der Waals surface area contributed by atoms with Gasteiger partial charge in [0.2, 0.25) is 17.7 Å². The van der Waals surface area contributed by atoms with Gasteiger partial charge in [-0.15, -0.1) is 0 Å². The van der Waals surface area contributed by atoms with Crippen molar-refractivity contribution in [3.63, 3.8) is 0 Å². The van der Waals surface area contributed by atoms with Gasteiger partial charge in [-0.3, -0.25) is 14.4 Å². The first-order valence-electron chi connectivity index (χ1n) is 9.63. The van der Waals surface area contributed by atoms with Crippen LogP contribution in [0.3, 0.4) is 0 Å². The maximum absolute atomic E-state index is 12.4. The number of hydrogen-bond acceptors (Lipinski definition) is 4. The molecule has 27 heavy (non-hydrogen) atoms. The lowest BCUT2D eigenvalue weighted by molar-refractivity contribution is -0.128. The third kappa shape index (κ3) is 10.2. The summed E-state index contributed by atoms with van der Waals surface area (Å²) < 4.78 is 5.13. The molecule has 3 N–H and O–H groups in total. The quantitative estimate of drug-likeness (QED) is 0.363. The molecule has 0 fully saturated rings. The average Bonchev–Trinajstić information content (AvgIpc) is 3.17. The van der Waals surface area contributed by atoms with Crippen LogP contribution in [0, 0.1) is 0 Å². The number of carbonyl (C=O) groups excluding carboxylic acids is 3. The van der Waals surface area contributed by atoms with Crippen molar-refractivity contribution in [1.29, 1.82) is 0 Å². The van der Waals surface area contributed by atoms with Crippen molar-refractivity contribution in [2.45, 2.75) is 58.4 Å². The smallest absolute Gasteiger partial charge is 0.244 e. The maximum Gasteiger partial charge on any atom is 0.244 e. The molecule has 0 aliphatic carbocycles. The normalized spacial score (nSPS) is 11.9. The van der Waals surface area contributed by atoms with E-state index >= 15 is 0 Å². The van der Waals surface area contributed by atoms with Crippen LogP contribution in [0.4, 0.5) is 0 Å². The SMILES string of the molecule is CCCCNC(=O)CCC(NC(=O)/C=C/c1ccco1)C(=O)NCCCC. The van der Waals surface area contributed by atoms with Crippen LogP contribution in [-0.2, 0) is 14.4 Å². The maximum atomic E-state index is 12.4. The minimum absolute atomic E-state index is 0.116. The Morgan fingerprint density at radius 3 is 2.44 bits per heavy atom. The van der Waals surface area contributed by atoms with Gasteiger partial charge in [0.1, 0.15) is 11.8 Å². The van der Waals surface area contributed by atoms with Crippen molar-refractivity contribution in [3.05, 3.63) is 30.2 Å². The zero-order valence-corrected chi connectivity index (χ0v) is 16.3. The number of rotatable bonds is 13. The van der Waals surface area contributed by atoms with Gasteiger partial charge < -0.3 is 20.4 Å². The van der Waals surface area contributed by atoms with Gasteiger partial charge in [-0.2, -0.15) is 0 Å². The Hall–Kier alpha value is -2.57. The van der Waals surface area contributed by atoms with E-state index in [2.05, 4.69) is 22.9 Å². The lowest BCUT2D eigenvalue weighted by atomic mass is 10.1. The molecule has 1 aromatic heterocycles. The van der Waals surface area contributed by atoms with E-state index in [4.69, 9.17) is 4.42 Å². The van der Waals surface area contributed by atoms with Gasteiger partial charge in [-0.1, -0.05) is 26.7 Å². The fraction of sp³-hybridized carbons (Fsp3) is 0.550. The molecule has 0 aromatic carbocycles. The van der Waals surface area contributed by atoms with Crippen molar-refractivity contribution in [2.75, 3.05) is 13.1 Å². The molecular formula is C20H31N3O4. The zero-order chi connectivity index (χ0) is 19.9. The van der Waals surface area contributed by atoms with Crippen molar-refractivity contribution in [2.24, 2.45) is 0 Å². The van der Waals surface area contributed by atoms with E-state index in [1.807, 2.05) is 6.92 Å². The summed E-state index contributed by atoms with van der Waals surface area (Å²) in [6.07, 6.45) is 8.52. The summed E-state index contributed by atoms with van der Waals surface area (Å²) in [4.78, 5) is 36.4. The molecule has 3 amide bonds. The summed E-state index contributed by atoms with van der Waals surface area (Å²) in [5.74, 6) is -0.252. The summed E-state index contributed by atoms with van der Waals surface area (Å²) in [7, 11) is 0. The van der Waals surface area contributed by atoms with E-state index in [0.29, 0.717) is 18.8 Å². The number of amides is 3. The summed E-state index contributed by atoms with van der Waals surface area (Å²) in [6.45, 7) is 5.26. The molecule has 0 bridgehead atoms. The molecule has 1 atom stereocenters. The molecule has 0 aliphatic heterocycles. The standard InChI is InChI=1S/C20H31N3O4/c1-3-5-13-21-18(24)12-10-17(20(26)22-14-6-4-2)23-19(25)11-9-16-8-7-15-27-16/h7-9,11,15,17H,3-6,10,12-14H2,1-2H3,(H,21,24)(H,22,26)(H,23,25)/b11-9+. The van der Waals surface area contributed by atoms with Gasteiger partial charge in [0.15, 0.2) is 0 Å². The first kappa shape index (κ1) is 22.5. The Morgan fingerprint density at radius 2 is 1.81 bits per heavy atom. The zero-order valence-electron chi connectivity index (χ0n) is 16.3. The van der Waals surface area contributed by atoms with E-state index < -0.39 is 11.9 Å². The van der Waals surface area contributed by atoms with Crippen LogP contribution in [-0.4, -0.2) is 36.9 Å². The first-order chi connectivity index (χ1) is 13.1. The first-order valence-corrected chi connectivity index (χ1v) is 9.63. The highest BCUT2D eigenvalue weighted by molar-refractivity contribution is 5.95. The Labute approximate surface area is 161 Å². The summed E-state index contributed by atoms with van der Waals surface area (Å²) in [5.41, 5.74) is 0. The molecule has 1 unspecified atom stereocenters. The summed E-state index contributed by atoms with van der Waals surface area (Å²) in [5, 5.41) is 8.29. The predicted octanol–water partition coefficient (Wildman–Crippen LogP) is 2.39. The highest BCUT2D eigenvalue weighted by Crippen LogP contribution is 2.03. The second kappa shape index (κ2) is 13.6. The van der Waals surface area contributed by atoms with E-state index in [1.54, 1.807) is 12.1 Å². The third-order valence-electron chi connectivity index (χ3n) is 3.92. The molecule has 0 spiro atoms. The minimum atomic E-state index is -0.757. The fourth-order valence-electron chi connectivity index (χ4n) is 2.31. The van der Waals surface area contributed by atoms with Gasteiger partial charge in [0.25, 0.3) is 0 Å². The van der Waals surface area contributed by atoms with E-state index in [0.717, 1.165) is 25.7 Å². The van der Waals surface area contributed by atoms with E-state index in [-0.39, 0.29) is 24.7 Å². The molecule has 0 radical (unpaired) electrons. The number of hydrogen-bond donors (Lipinski definition) is 3. The highest BCUT2D eigenvalue weighted by atomic mass is 16.3. The molecule has 150 valence electrons. The van der Waals surface area contributed by atoms with Crippen LogP contribution in [0.2, 0.25) is 0 Å². The second-order valence-corrected chi connectivity index (χ2v) is 6.30. The van der Waals surface area contributed by atoms with E-state index in [1.165, 1.54) is 18.4 Å². The number of furan rings is 1. The second-order valence-electron chi connectivity index (χ2n) is 6.30. The van der Waals surface area contributed by atoms with Gasteiger partial charge in [0.05, 0.1) is 6.26 Å².